The van der Waals surface area contributed by atoms with E-state index in [0.29, 0.717) is 17.3 Å². The minimum Gasteiger partial charge on any atom is -0.495 e. The van der Waals surface area contributed by atoms with Crippen LogP contribution in [0.5, 0.6) is 5.75 Å². The highest BCUT2D eigenvalue weighted by atomic mass is 35.5. The molecule has 0 atom stereocenters. The van der Waals surface area contributed by atoms with Gasteiger partial charge < -0.3 is 10.5 Å². The minimum atomic E-state index is -0.533. The highest BCUT2D eigenvalue weighted by Crippen LogP contribution is 2.28. The number of methoxy groups -OCH3 is 1. The van der Waals surface area contributed by atoms with Gasteiger partial charge in [-0.3, -0.25) is 10.1 Å². The van der Waals surface area contributed by atoms with Crippen molar-refractivity contribution >= 4 is 23.1 Å². The number of anilines is 1. The van der Waals surface area contributed by atoms with Gasteiger partial charge in [-0.05, 0) is 24.6 Å². The van der Waals surface area contributed by atoms with Gasteiger partial charge in [0.25, 0.3) is 0 Å². The average molecular weight is 297 g/mol. The summed E-state index contributed by atoms with van der Waals surface area (Å²) in [4.78, 5) is 10.3. The molecule has 20 heavy (non-hydrogen) atoms. The second-order valence-corrected chi connectivity index (χ2v) is 4.61. The standard InChI is InChI=1S/C12H13ClN4O3/c1-7-11(17(18)19)12(14)16(15-7)6-8-3-4-10(20-2)9(13)5-8/h3-5H,6,14H2,1-2H3. The maximum atomic E-state index is 10.9. The van der Waals surface area contributed by atoms with Crippen LogP contribution in [0.4, 0.5) is 11.5 Å². The van der Waals surface area contributed by atoms with Crippen molar-refractivity contribution in [2.24, 2.45) is 0 Å². The number of hydrogen-bond donors (Lipinski definition) is 1. The van der Waals surface area contributed by atoms with Crippen molar-refractivity contribution in [3.05, 3.63) is 44.6 Å². The summed E-state index contributed by atoms with van der Waals surface area (Å²) < 4.78 is 6.44. The summed E-state index contributed by atoms with van der Waals surface area (Å²) in [7, 11) is 1.53. The van der Waals surface area contributed by atoms with E-state index in [2.05, 4.69) is 5.10 Å². The van der Waals surface area contributed by atoms with Gasteiger partial charge in [-0.1, -0.05) is 17.7 Å². The quantitative estimate of drug-likeness (QED) is 0.690. The fraction of sp³-hybridized carbons (Fsp3) is 0.250. The van der Waals surface area contributed by atoms with Crippen LogP contribution in [0, 0.1) is 17.0 Å². The zero-order valence-electron chi connectivity index (χ0n) is 11.0. The molecule has 0 spiro atoms. The molecule has 1 heterocycles. The number of nitrogen functional groups attached to an aromatic ring is 1. The number of hydrogen-bond acceptors (Lipinski definition) is 5. The first-order valence-corrected chi connectivity index (χ1v) is 6.11. The number of nitrogens with two attached hydrogens (primary N) is 1. The van der Waals surface area contributed by atoms with E-state index in [-0.39, 0.29) is 17.2 Å². The van der Waals surface area contributed by atoms with Crippen LogP contribution < -0.4 is 10.5 Å². The summed E-state index contributed by atoms with van der Waals surface area (Å²) in [6.07, 6.45) is 0. The zero-order valence-corrected chi connectivity index (χ0v) is 11.7. The average Bonchev–Trinajstić information content (AvgIpc) is 2.64. The van der Waals surface area contributed by atoms with Gasteiger partial charge in [0, 0.05) is 0 Å². The number of rotatable bonds is 4. The van der Waals surface area contributed by atoms with E-state index >= 15 is 0 Å². The Morgan fingerprint density at radius 2 is 2.25 bits per heavy atom. The molecule has 1 aromatic heterocycles. The lowest BCUT2D eigenvalue weighted by Crippen LogP contribution is -2.06. The van der Waals surface area contributed by atoms with Crippen molar-refractivity contribution < 1.29 is 9.66 Å². The number of aromatic nitrogens is 2. The van der Waals surface area contributed by atoms with Crippen LogP contribution in [-0.2, 0) is 6.54 Å². The molecule has 0 aliphatic heterocycles. The summed E-state index contributed by atoms with van der Waals surface area (Å²) in [5.41, 5.74) is 6.69. The van der Waals surface area contributed by atoms with Crippen molar-refractivity contribution in [3.63, 3.8) is 0 Å². The fourth-order valence-corrected chi connectivity index (χ4v) is 2.20. The van der Waals surface area contributed by atoms with E-state index in [1.807, 2.05) is 0 Å². The second kappa shape index (κ2) is 5.38. The molecule has 0 radical (unpaired) electrons. The molecule has 2 aromatic rings. The predicted molar refractivity (Wildman–Crippen MR) is 75.1 cm³/mol. The molecule has 0 aliphatic rings. The topological polar surface area (TPSA) is 96.2 Å². The van der Waals surface area contributed by atoms with Crippen LogP contribution in [0.15, 0.2) is 18.2 Å². The Hall–Kier alpha value is -2.28. The Balaban J connectivity index is 2.33. The second-order valence-electron chi connectivity index (χ2n) is 4.20. The first kappa shape index (κ1) is 14.1. The highest BCUT2D eigenvalue weighted by molar-refractivity contribution is 6.32. The maximum absolute atomic E-state index is 10.9. The molecule has 0 fully saturated rings. The van der Waals surface area contributed by atoms with E-state index in [1.165, 1.54) is 11.8 Å². The lowest BCUT2D eigenvalue weighted by Gasteiger charge is -2.07. The van der Waals surface area contributed by atoms with Crippen LogP contribution in [-0.4, -0.2) is 21.8 Å². The number of ether oxygens (including phenoxy) is 1. The van der Waals surface area contributed by atoms with Crippen LogP contribution in [0.2, 0.25) is 5.02 Å². The van der Waals surface area contributed by atoms with Crippen LogP contribution >= 0.6 is 11.6 Å². The van der Waals surface area contributed by atoms with Gasteiger partial charge in [-0.25, -0.2) is 4.68 Å². The summed E-state index contributed by atoms with van der Waals surface area (Å²) in [6, 6.07) is 5.23. The number of halogens is 1. The lowest BCUT2D eigenvalue weighted by molar-refractivity contribution is -0.384. The van der Waals surface area contributed by atoms with E-state index in [9.17, 15) is 10.1 Å². The molecule has 8 heteroatoms. The van der Waals surface area contributed by atoms with Crippen LogP contribution in [0.1, 0.15) is 11.3 Å². The third-order valence-electron chi connectivity index (χ3n) is 2.87. The molecule has 0 bridgehead atoms. The van der Waals surface area contributed by atoms with Gasteiger partial charge >= 0.3 is 5.69 Å². The summed E-state index contributed by atoms with van der Waals surface area (Å²) in [5, 5.41) is 15.4. The Labute approximate surface area is 120 Å². The van der Waals surface area contributed by atoms with Gasteiger partial charge in [0.2, 0.25) is 5.82 Å². The molecule has 0 aliphatic carbocycles. The molecule has 0 saturated heterocycles. The molecule has 0 saturated carbocycles. The van der Waals surface area contributed by atoms with Gasteiger partial charge in [0.05, 0.1) is 23.6 Å². The molecule has 2 rings (SSSR count). The summed E-state index contributed by atoms with van der Waals surface area (Å²) >= 11 is 6.03. The lowest BCUT2D eigenvalue weighted by atomic mass is 10.2. The molecule has 0 unspecified atom stereocenters. The van der Waals surface area contributed by atoms with Crippen molar-refractivity contribution in [1.82, 2.24) is 9.78 Å². The Kier molecular flexibility index (Phi) is 3.80. The van der Waals surface area contributed by atoms with Crippen molar-refractivity contribution in [3.8, 4) is 5.75 Å². The van der Waals surface area contributed by atoms with E-state index in [4.69, 9.17) is 22.1 Å². The normalized spacial score (nSPS) is 10.6. The summed E-state index contributed by atoms with van der Waals surface area (Å²) in [6.45, 7) is 1.84. The number of nitrogens with zero attached hydrogens (tertiary/aromatic N) is 3. The number of aryl methyl sites for hydroxylation is 1. The smallest absolute Gasteiger partial charge is 0.333 e. The van der Waals surface area contributed by atoms with Crippen LogP contribution in [0.25, 0.3) is 0 Å². The molecule has 0 amide bonds. The first-order chi connectivity index (χ1) is 9.43. The number of benzene rings is 1. The van der Waals surface area contributed by atoms with E-state index in [0.717, 1.165) is 5.56 Å². The zero-order chi connectivity index (χ0) is 14.9. The molecule has 1 aromatic carbocycles. The molecule has 106 valence electrons. The van der Waals surface area contributed by atoms with Gasteiger partial charge in [0.1, 0.15) is 11.4 Å². The van der Waals surface area contributed by atoms with Gasteiger partial charge in [0.15, 0.2) is 0 Å². The maximum Gasteiger partial charge on any atom is 0.333 e. The predicted octanol–water partition coefficient (Wildman–Crippen LogP) is 2.39. The number of nitro groups is 1. The SMILES string of the molecule is COc1ccc(Cn2nc(C)c([N+](=O)[O-])c2N)cc1Cl. The largest absolute Gasteiger partial charge is 0.495 e. The molecular weight excluding hydrogens is 284 g/mol. The highest BCUT2D eigenvalue weighted by Gasteiger charge is 2.22. The molecule has 2 N–H and O–H groups in total. The third-order valence-corrected chi connectivity index (χ3v) is 3.16. The van der Waals surface area contributed by atoms with Crippen molar-refractivity contribution in [1.29, 1.82) is 0 Å². The van der Waals surface area contributed by atoms with E-state index < -0.39 is 4.92 Å². The Morgan fingerprint density at radius 3 is 2.75 bits per heavy atom. The van der Waals surface area contributed by atoms with Crippen molar-refractivity contribution in [2.75, 3.05) is 12.8 Å². The minimum absolute atomic E-state index is 0.0273. The summed E-state index contributed by atoms with van der Waals surface area (Å²) in [5.74, 6) is 0.588. The third kappa shape index (κ3) is 2.53. The van der Waals surface area contributed by atoms with Crippen molar-refractivity contribution in [2.45, 2.75) is 13.5 Å². The van der Waals surface area contributed by atoms with Gasteiger partial charge in [-0.15, -0.1) is 0 Å². The fourth-order valence-electron chi connectivity index (χ4n) is 1.92. The van der Waals surface area contributed by atoms with E-state index in [1.54, 1.807) is 25.1 Å². The van der Waals surface area contributed by atoms with Gasteiger partial charge in [-0.2, -0.15) is 5.10 Å². The first-order valence-electron chi connectivity index (χ1n) is 5.73. The molecular formula is C12H13ClN4O3. The molecule has 7 nitrogen and oxygen atoms in total. The Morgan fingerprint density at radius 1 is 1.55 bits per heavy atom. The van der Waals surface area contributed by atoms with Crippen LogP contribution in [0.3, 0.4) is 0 Å². The Bertz CT molecular complexity index is 669. The monoisotopic (exact) mass is 296 g/mol.